The molecule has 2 aliphatic heterocycles. The highest BCUT2D eigenvalue weighted by Gasteiger charge is 2.68. The van der Waals surface area contributed by atoms with Gasteiger partial charge in [0, 0.05) is 12.1 Å². The van der Waals surface area contributed by atoms with Crippen LogP contribution in [0, 0.1) is 35.5 Å². The van der Waals surface area contributed by atoms with Crippen LogP contribution in [0.3, 0.4) is 0 Å². The molecule has 7 nitrogen and oxygen atoms in total. The fraction of sp³-hybridized carbons (Fsp3) is 0.265. The number of amides is 4. The number of hydrazone groups is 1. The number of hydrogen-bond donors (Lipinski definition) is 0. The number of carbonyl (C=O) groups excluding carboxylic acids is 4. The van der Waals surface area contributed by atoms with Gasteiger partial charge in [0.1, 0.15) is 0 Å². The highest BCUT2D eigenvalue weighted by molar-refractivity contribution is 6.36. The van der Waals surface area contributed by atoms with E-state index in [0.29, 0.717) is 10.7 Å². The molecule has 2 saturated heterocycles. The largest absolute Gasteiger partial charge is 0.274 e. The molecular weight excluding hydrogens is 550 g/mol. The number of imide groups is 2. The summed E-state index contributed by atoms with van der Waals surface area (Å²) >= 11 is 6.53. The Kier molecular flexibility index (Phi) is 4.70. The molecule has 4 amide bonds. The smallest absolute Gasteiger partial charge is 0.254 e. The van der Waals surface area contributed by atoms with Crippen LogP contribution in [0.25, 0.3) is 0 Å². The maximum absolute atomic E-state index is 14.5. The molecule has 4 bridgehead atoms. The van der Waals surface area contributed by atoms with Crippen LogP contribution >= 0.6 is 11.6 Å². The Morgan fingerprint density at radius 1 is 0.714 bits per heavy atom. The van der Waals surface area contributed by atoms with Crippen molar-refractivity contribution in [1.82, 2.24) is 5.01 Å². The van der Waals surface area contributed by atoms with E-state index in [2.05, 4.69) is 17.3 Å². The van der Waals surface area contributed by atoms with Crippen LogP contribution < -0.4 is 4.90 Å². The number of anilines is 1. The fourth-order valence-electron chi connectivity index (χ4n) is 9.07. The predicted octanol–water partition coefficient (Wildman–Crippen LogP) is 4.68. The van der Waals surface area contributed by atoms with Crippen molar-refractivity contribution in [1.29, 1.82) is 0 Å². The number of halogens is 1. The number of para-hydroxylation sites is 1. The highest BCUT2D eigenvalue weighted by Crippen LogP contribution is 2.64. The van der Waals surface area contributed by atoms with Crippen LogP contribution in [0.5, 0.6) is 0 Å². The zero-order chi connectivity index (χ0) is 28.5. The van der Waals surface area contributed by atoms with Crippen molar-refractivity contribution >= 4 is 47.1 Å². The maximum atomic E-state index is 14.5. The third kappa shape index (κ3) is 2.71. The Labute approximate surface area is 246 Å². The van der Waals surface area contributed by atoms with Gasteiger partial charge in [-0.15, -0.1) is 0 Å². The summed E-state index contributed by atoms with van der Waals surface area (Å²) in [7, 11) is 0. The van der Waals surface area contributed by atoms with Crippen molar-refractivity contribution in [3.05, 3.63) is 112 Å². The van der Waals surface area contributed by atoms with Gasteiger partial charge < -0.3 is 0 Å². The van der Waals surface area contributed by atoms with Gasteiger partial charge >= 0.3 is 0 Å². The average Bonchev–Trinajstić information content (AvgIpc) is 3.75. The lowest BCUT2D eigenvalue weighted by Crippen LogP contribution is -2.55. The molecule has 0 N–H and O–H groups in total. The highest BCUT2D eigenvalue weighted by atomic mass is 35.5. The zero-order valence-electron chi connectivity index (χ0n) is 22.3. The topological polar surface area (TPSA) is 87.1 Å². The number of hydrogen-bond acceptors (Lipinski definition) is 5. The Hall–Kier alpha value is -4.36. The first-order chi connectivity index (χ1) is 20.4. The second kappa shape index (κ2) is 8.13. The lowest BCUT2D eigenvalue weighted by molar-refractivity contribution is -0.140. The second-order valence-electron chi connectivity index (χ2n) is 12.2. The van der Waals surface area contributed by atoms with E-state index in [1.807, 2.05) is 48.5 Å². The molecule has 1 saturated carbocycles. The molecule has 6 atom stereocenters. The minimum absolute atomic E-state index is 0.0592. The minimum Gasteiger partial charge on any atom is -0.274 e. The summed E-state index contributed by atoms with van der Waals surface area (Å²) in [6, 6.07) is 22.5. The van der Waals surface area contributed by atoms with E-state index in [-0.39, 0.29) is 53.2 Å². The molecule has 3 fully saturated rings. The van der Waals surface area contributed by atoms with Gasteiger partial charge in [-0.25, -0.2) is 4.90 Å². The second-order valence-corrected chi connectivity index (χ2v) is 12.6. The molecule has 2 heterocycles. The molecule has 0 aromatic heterocycles. The van der Waals surface area contributed by atoms with Crippen LogP contribution in [-0.4, -0.2) is 34.9 Å². The maximum Gasteiger partial charge on any atom is 0.254 e. The summed E-state index contributed by atoms with van der Waals surface area (Å²) in [5, 5.41) is 6.01. The minimum atomic E-state index is -1.18. The van der Waals surface area contributed by atoms with E-state index in [1.165, 1.54) is 4.90 Å². The van der Waals surface area contributed by atoms with E-state index in [1.54, 1.807) is 30.5 Å². The summed E-state index contributed by atoms with van der Waals surface area (Å²) in [5.41, 5.74) is 2.80. The molecule has 0 spiro atoms. The molecule has 10 rings (SSSR count). The molecule has 0 radical (unpaired) electrons. The predicted molar refractivity (Wildman–Crippen MR) is 154 cm³/mol. The fourth-order valence-corrected chi connectivity index (χ4v) is 9.29. The van der Waals surface area contributed by atoms with E-state index in [9.17, 15) is 19.2 Å². The normalized spacial score (nSPS) is 34.9. The lowest BCUT2D eigenvalue weighted by atomic mass is 9.47. The zero-order valence-corrected chi connectivity index (χ0v) is 23.0. The Balaban J connectivity index is 1.25. The van der Waals surface area contributed by atoms with Crippen LogP contribution in [0.2, 0.25) is 5.02 Å². The van der Waals surface area contributed by atoms with Gasteiger partial charge in [-0.2, -0.15) is 10.1 Å². The molecule has 42 heavy (non-hydrogen) atoms. The Morgan fingerprint density at radius 3 is 1.90 bits per heavy atom. The summed E-state index contributed by atoms with van der Waals surface area (Å²) in [5.74, 6) is -3.77. The van der Waals surface area contributed by atoms with Crippen LogP contribution in [0.1, 0.15) is 34.6 Å². The molecule has 0 unspecified atom stereocenters. The van der Waals surface area contributed by atoms with Gasteiger partial charge in [-0.1, -0.05) is 84.4 Å². The number of nitrogens with zero attached hydrogens (tertiary/aromatic N) is 3. The van der Waals surface area contributed by atoms with Crippen LogP contribution in [0.4, 0.5) is 5.69 Å². The SMILES string of the molecule is O=C1[C@@H]2[C@H](C(=O)N1/N=C\C13c4ccccc4C(c4ccccc41)[C@@H]1C(=O)N(c4ccccc4Cl)C(=O)[C@@H]13)[C@H]1C=C[C@H]2C1. The van der Waals surface area contributed by atoms with Crippen LogP contribution in [-0.2, 0) is 24.6 Å². The Bertz CT molecular complexity index is 1770. The number of carbonyl (C=O) groups is 4. The first-order valence-electron chi connectivity index (χ1n) is 14.4. The van der Waals surface area contributed by atoms with Crippen molar-refractivity contribution in [2.45, 2.75) is 17.8 Å². The summed E-state index contributed by atoms with van der Waals surface area (Å²) < 4.78 is 0. The molecule has 3 aromatic carbocycles. The van der Waals surface area contributed by atoms with Gasteiger partial charge in [0.15, 0.2) is 0 Å². The van der Waals surface area contributed by atoms with Gasteiger partial charge in [0.2, 0.25) is 11.8 Å². The standard InChI is InChI=1S/C34H24ClN3O4/c35-23-11-5-6-12-24(23)37-30(39)28-27-19-7-1-3-9-21(19)34(29(28)33(37)42,22-10-4-2-8-20(22)27)16-36-38-31(40)25-17-13-14-18(15-17)26(25)32(38)41/h1-14,16-18,25-29H,15H2/b36-16-/t17-,18-,25-,26+,27?,28-,29+,34?/m0/s1. The third-order valence-corrected chi connectivity index (χ3v) is 10.9. The number of benzene rings is 3. The first kappa shape index (κ1) is 24.3. The van der Waals surface area contributed by atoms with Crippen LogP contribution in [0.15, 0.2) is 90.0 Å². The van der Waals surface area contributed by atoms with E-state index in [0.717, 1.165) is 33.7 Å². The number of fused-ring (bicyclic) bond motifs is 5. The van der Waals surface area contributed by atoms with E-state index in [4.69, 9.17) is 11.6 Å². The van der Waals surface area contributed by atoms with Crippen molar-refractivity contribution in [2.75, 3.05) is 4.90 Å². The molecule has 5 aliphatic carbocycles. The van der Waals surface area contributed by atoms with Crippen molar-refractivity contribution in [3.8, 4) is 0 Å². The van der Waals surface area contributed by atoms with Crippen molar-refractivity contribution in [3.63, 3.8) is 0 Å². The van der Waals surface area contributed by atoms with E-state index < -0.39 is 17.3 Å². The quantitative estimate of drug-likeness (QED) is 0.259. The van der Waals surface area contributed by atoms with Gasteiger partial charge in [0.25, 0.3) is 11.8 Å². The van der Waals surface area contributed by atoms with Gasteiger partial charge in [-0.05, 0) is 52.6 Å². The third-order valence-electron chi connectivity index (χ3n) is 10.6. The summed E-state index contributed by atoms with van der Waals surface area (Å²) in [6.45, 7) is 0. The Morgan fingerprint density at radius 2 is 1.29 bits per heavy atom. The lowest BCUT2D eigenvalue weighted by Gasteiger charge is -2.52. The number of rotatable bonds is 3. The summed E-state index contributed by atoms with van der Waals surface area (Å²) in [6.07, 6.45) is 6.54. The van der Waals surface area contributed by atoms with Gasteiger partial charge in [-0.3, -0.25) is 19.2 Å². The van der Waals surface area contributed by atoms with Crippen molar-refractivity contribution < 1.29 is 19.2 Å². The molecule has 206 valence electrons. The monoisotopic (exact) mass is 573 g/mol. The summed E-state index contributed by atoms with van der Waals surface area (Å²) in [4.78, 5) is 57.2. The molecular formula is C34H24ClN3O4. The first-order valence-corrected chi connectivity index (χ1v) is 14.7. The van der Waals surface area contributed by atoms with Crippen molar-refractivity contribution in [2.24, 2.45) is 40.6 Å². The van der Waals surface area contributed by atoms with Gasteiger partial charge in [0.05, 0.1) is 39.8 Å². The average molecular weight is 574 g/mol. The van der Waals surface area contributed by atoms with E-state index >= 15 is 0 Å². The number of allylic oxidation sites excluding steroid dienone is 2. The molecule has 8 heteroatoms. The molecule has 7 aliphatic rings. The molecule has 3 aromatic rings.